The number of fused-ring (bicyclic) bond motifs is 1. The number of nitrogens with one attached hydrogen (secondary N) is 1. The van der Waals surface area contributed by atoms with Gasteiger partial charge in [0.05, 0.1) is 7.11 Å². The predicted octanol–water partition coefficient (Wildman–Crippen LogP) is 4.15. The van der Waals surface area contributed by atoms with Crippen molar-refractivity contribution >= 4 is 23.5 Å². The molecule has 144 valence electrons. The van der Waals surface area contributed by atoms with Crippen LogP contribution in [-0.4, -0.2) is 42.0 Å². The van der Waals surface area contributed by atoms with Crippen LogP contribution < -0.4 is 4.74 Å². The zero-order chi connectivity index (χ0) is 19.4. The van der Waals surface area contributed by atoms with Gasteiger partial charge in [-0.05, 0) is 48.3 Å². The van der Waals surface area contributed by atoms with E-state index in [0.717, 1.165) is 28.5 Å². The topological polar surface area (TPSA) is 68.4 Å². The first kappa shape index (κ1) is 19.5. The lowest BCUT2D eigenvalue weighted by Gasteiger charge is -2.22. The summed E-state index contributed by atoms with van der Waals surface area (Å²) in [5.41, 5.74) is 3.71. The Morgan fingerprint density at radius 2 is 2.00 bits per heavy atom. The molecule has 1 atom stereocenters. The van der Waals surface area contributed by atoms with Crippen molar-refractivity contribution in [2.45, 2.75) is 32.6 Å². The van der Waals surface area contributed by atoms with Gasteiger partial charge >= 0.3 is 5.97 Å². The van der Waals surface area contributed by atoms with Crippen LogP contribution in [0.4, 0.5) is 0 Å². The third kappa shape index (κ3) is 4.21. The van der Waals surface area contributed by atoms with Gasteiger partial charge in [-0.25, -0.2) is 4.79 Å². The number of esters is 1. The minimum absolute atomic E-state index is 0.0754. The van der Waals surface area contributed by atoms with Gasteiger partial charge in [0.2, 0.25) is 0 Å². The highest BCUT2D eigenvalue weighted by molar-refractivity contribution is 7.99. The normalized spacial score (nSPS) is 16.1. The molecule has 1 aromatic heterocycles. The summed E-state index contributed by atoms with van der Waals surface area (Å²) in [6.45, 7) is 4.27. The molecule has 6 heteroatoms. The lowest BCUT2D eigenvalue weighted by molar-refractivity contribution is 0.0523. The third-order valence-corrected chi connectivity index (χ3v) is 5.81. The molecular weight excluding hydrogens is 362 g/mol. The molecule has 3 rings (SSSR count). The van der Waals surface area contributed by atoms with Crippen molar-refractivity contribution in [1.29, 1.82) is 0 Å². The van der Waals surface area contributed by atoms with E-state index in [4.69, 9.17) is 9.47 Å². The highest BCUT2D eigenvalue weighted by atomic mass is 32.2. The maximum atomic E-state index is 12.7. The first-order chi connectivity index (χ1) is 13.0. The number of ketones is 1. The van der Waals surface area contributed by atoms with E-state index in [1.807, 2.05) is 31.2 Å². The van der Waals surface area contributed by atoms with E-state index in [2.05, 4.69) is 11.9 Å². The Morgan fingerprint density at radius 1 is 1.26 bits per heavy atom. The number of Topliss-reactive ketones (excluding diaryl/α,β-unsaturated/α-hetero) is 1. The van der Waals surface area contributed by atoms with E-state index in [0.29, 0.717) is 36.3 Å². The fourth-order valence-corrected chi connectivity index (χ4v) is 4.05. The van der Waals surface area contributed by atoms with Crippen LogP contribution in [0.3, 0.4) is 0 Å². The average Bonchev–Trinajstić information content (AvgIpc) is 3.02. The molecule has 0 unspecified atom stereocenters. The highest BCUT2D eigenvalue weighted by Crippen LogP contribution is 2.35. The Labute approximate surface area is 163 Å². The molecule has 0 saturated carbocycles. The molecule has 27 heavy (non-hydrogen) atoms. The Kier molecular flexibility index (Phi) is 6.26. The van der Waals surface area contributed by atoms with Gasteiger partial charge < -0.3 is 14.5 Å². The van der Waals surface area contributed by atoms with Crippen LogP contribution >= 0.6 is 11.8 Å². The molecule has 0 fully saturated rings. The van der Waals surface area contributed by atoms with Crippen LogP contribution in [0.2, 0.25) is 0 Å². The molecule has 0 radical (unpaired) electrons. The second-order valence-electron chi connectivity index (χ2n) is 6.61. The molecule has 1 heterocycles. The standard InChI is InChI=1S/C21H25NO4S/c1-4-27-10-9-26-21(24)20-13(2)19-17(22-20)11-15(12-18(19)23)14-5-7-16(25-3)8-6-14/h5-8,15,22H,4,9-12H2,1-3H3/t15-/m1/s1. The lowest BCUT2D eigenvalue weighted by Crippen LogP contribution is -2.18. The Balaban J connectivity index is 1.77. The largest absolute Gasteiger partial charge is 0.497 e. The summed E-state index contributed by atoms with van der Waals surface area (Å²) in [6, 6.07) is 7.81. The van der Waals surface area contributed by atoms with E-state index in [9.17, 15) is 9.59 Å². The molecule has 0 spiro atoms. The summed E-state index contributed by atoms with van der Waals surface area (Å²) in [5.74, 6) is 2.36. The zero-order valence-corrected chi connectivity index (χ0v) is 16.8. The first-order valence-corrected chi connectivity index (χ1v) is 10.3. The van der Waals surface area contributed by atoms with Gasteiger partial charge in [0.15, 0.2) is 5.78 Å². The van der Waals surface area contributed by atoms with Crippen LogP contribution in [0, 0.1) is 6.92 Å². The number of benzene rings is 1. The van der Waals surface area contributed by atoms with Gasteiger partial charge in [0.25, 0.3) is 0 Å². The molecule has 5 nitrogen and oxygen atoms in total. The number of hydrogen-bond acceptors (Lipinski definition) is 5. The van der Waals surface area contributed by atoms with Gasteiger partial charge in [-0.1, -0.05) is 19.1 Å². The maximum Gasteiger partial charge on any atom is 0.355 e. The second-order valence-corrected chi connectivity index (χ2v) is 8.01. The van der Waals surface area contributed by atoms with E-state index < -0.39 is 0 Å². The Bertz CT molecular complexity index is 825. The Hall–Kier alpha value is -2.21. The zero-order valence-electron chi connectivity index (χ0n) is 16.0. The number of aromatic amines is 1. The summed E-state index contributed by atoms with van der Waals surface area (Å²) in [7, 11) is 1.63. The van der Waals surface area contributed by atoms with Gasteiger partial charge in [-0.15, -0.1) is 0 Å². The van der Waals surface area contributed by atoms with Crippen molar-refractivity contribution in [1.82, 2.24) is 4.98 Å². The minimum Gasteiger partial charge on any atom is -0.497 e. The maximum absolute atomic E-state index is 12.7. The van der Waals surface area contributed by atoms with E-state index >= 15 is 0 Å². The van der Waals surface area contributed by atoms with Crippen LogP contribution in [0.1, 0.15) is 56.9 Å². The molecule has 0 saturated heterocycles. The highest BCUT2D eigenvalue weighted by Gasteiger charge is 2.32. The fourth-order valence-electron chi connectivity index (χ4n) is 3.56. The average molecular weight is 388 g/mol. The number of H-pyrrole nitrogens is 1. The summed E-state index contributed by atoms with van der Waals surface area (Å²) in [5, 5.41) is 0. The number of hydrogen-bond donors (Lipinski definition) is 1. The van der Waals surface area contributed by atoms with Crippen LogP contribution in [0.25, 0.3) is 0 Å². The fraction of sp³-hybridized carbons (Fsp3) is 0.429. The lowest BCUT2D eigenvalue weighted by atomic mass is 9.81. The number of thioether (sulfide) groups is 1. The van der Waals surface area contributed by atoms with Crippen LogP contribution in [0.15, 0.2) is 24.3 Å². The SMILES string of the molecule is CCSCCOC(=O)c1[nH]c2c(c1C)C(=O)C[C@H](c1ccc(OC)cc1)C2. The number of ether oxygens (including phenoxy) is 2. The van der Waals surface area contributed by atoms with E-state index in [1.54, 1.807) is 18.9 Å². The molecule has 0 amide bonds. The van der Waals surface area contributed by atoms with Gasteiger partial charge in [-0.3, -0.25) is 4.79 Å². The number of methoxy groups -OCH3 is 1. The van der Waals surface area contributed by atoms with Gasteiger partial charge in [-0.2, -0.15) is 11.8 Å². The first-order valence-electron chi connectivity index (χ1n) is 9.18. The van der Waals surface area contributed by atoms with Crippen molar-refractivity contribution in [2.75, 3.05) is 25.2 Å². The number of aromatic nitrogens is 1. The Morgan fingerprint density at radius 3 is 2.67 bits per heavy atom. The van der Waals surface area contributed by atoms with Crippen LogP contribution in [0.5, 0.6) is 5.75 Å². The molecule has 1 aromatic carbocycles. The number of carbonyl (C=O) groups excluding carboxylic acids is 2. The minimum atomic E-state index is -0.382. The summed E-state index contributed by atoms with van der Waals surface area (Å²) in [4.78, 5) is 28.3. The quantitative estimate of drug-likeness (QED) is 0.571. The predicted molar refractivity (Wildman–Crippen MR) is 107 cm³/mol. The summed E-state index contributed by atoms with van der Waals surface area (Å²) < 4.78 is 10.5. The van der Waals surface area contributed by atoms with Gasteiger partial charge in [0, 0.05) is 23.4 Å². The monoisotopic (exact) mass is 387 g/mol. The van der Waals surface area contributed by atoms with Crippen molar-refractivity contribution in [3.8, 4) is 5.75 Å². The molecule has 2 aromatic rings. The molecule has 0 aliphatic heterocycles. The van der Waals surface area contributed by atoms with Crippen molar-refractivity contribution in [2.24, 2.45) is 0 Å². The van der Waals surface area contributed by atoms with Crippen LogP contribution in [-0.2, 0) is 11.2 Å². The second kappa shape index (κ2) is 8.65. The molecule has 0 bridgehead atoms. The van der Waals surface area contributed by atoms with Gasteiger partial charge in [0.1, 0.15) is 18.1 Å². The molecule has 1 aliphatic carbocycles. The van der Waals surface area contributed by atoms with Crippen molar-refractivity contribution in [3.05, 3.63) is 52.3 Å². The van der Waals surface area contributed by atoms with E-state index in [-0.39, 0.29) is 17.7 Å². The molecular formula is C21H25NO4S. The molecule has 1 aliphatic rings. The van der Waals surface area contributed by atoms with E-state index in [1.165, 1.54) is 0 Å². The number of rotatable bonds is 7. The number of carbonyl (C=O) groups is 2. The van der Waals surface area contributed by atoms with Crippen molar-refractivity contribution < 1.29 is 19.1 Å². The smallest absolute Gasteiger partial charge is 0.355 e. The summed E-state index contributed by atoms with van der Waals surface area (Å²) >= 11 is 1.73. The third-order valence-electron chi connectivity index (χ3n) is 4.95. The summed E-state index contributed by atoms with van der Waals surface area (Å²) in [6.07, 6.45) is 1.15. The van der Waals surface area contributed by atoms with Crippen molar-refractivity contribution in [3.63, 3.8) is 0 Å². The molecule has 1 N–H and O–H groups in total.